The quantitative estimate of drug-likeness (QED) is 0.903. The van der Waals surface area contributed by atoms with E-state index < -0.39 is 0 Å². The van der Waals surface area contributed by atoms with Gasteiger partial charge in [-0.1, -0.05) is 0 Å². The molecule has 8 heteroatoms. The first kappa shape index (κ1) is 12.7. The topological polar surface area (TPSA) is 84.0 Å². The second-order valence-corrected chi connectivity index (χ2v) is 5.17. The Balaban J connectivity index is 2.05. The predicted octanol–water partition coefficient (Wildman–Crippen LogP) is 2.12. The van der Waals surface area contributed by atoms with Crippen LogP contribution < -0.4 is 10.6 Å². The van der Waals surface area contributed by atoms with E-state index in [2.05, 4.69) is 20.0 Å². The molecule has 94 valence electrons. The minimum atomic E-state index is -0.313. The van der Waals surface area contributed by atoms with Crippen LogP contribution in [0.2, 0.25) is 0 Å². The third-order valence-corrected chi connectivity index (χ3v) is 3.44. The van der Waals surface area contributed by atoms with Crippen LogP contribution >= 0.6 is 22.9 Å². The maximum atomic E-state index is 11.8. The first-order chi connectivity index (χ1) is 8.54. The largest absolute Gasteiger partial charge is 0.311 e. The zero-order valence-electron chi connectivity index (χ0n) is 9.68. The molecule has 0 aromatic carbocycles. The van der Waals surface area contributed by atoms with Crippen molar-refractivity contribution in [2.75, 3.05) is 10.6 Å². The summed E-state index contributed by atoms with van der Waals surface area (Å²) in [5, 5.41) is 7.90. The second-order valence-electron chi connectivity index (χ2n) is 3.51. The highest BCUT2D eigenvalue weighted by atomic mass is 32.1. The summed E-state index contributed by atoms with van der Waals surface area (Å²) in [6.07, 6.45) is 0. The number of thiazole rings is 1. The molecule has 0 unspecified atom stereocenters. The van der Waals surface area contributed by atoms with Crippen molar-refractivity contribution >= 4 is 44.8 Å². The molecule has 2 amide bonds. The number of amides is 2. The van der Waals surface area contributed by atoms with Crippen LogP contribution in [0.5, 0.6) is 0 Å². The van der Waals surface area contributed by atoms with E-state index in [1.54, 1.807) is 11.4 Å². The lowest BCUT2D eigenvalue weighted by molar-refractivity contribution is -0.114. The van der Waals surface area contributed by atoms with Crippen LogP contribution in [0.15, 0.2) is 11.4 Å². The minimum absolute atomic E-state index is 0.214. The molecule has 2 N–H and O–H groups in total. The van der Waals surface area contributed by atoms with Gasteiger partial charge in [0, 0.05) is 12.3 Å². The van der Waals surface area contributed by atoms with Crippen LogP contribution in [-0.2, 0) is 4.79 Å². The molecule has 2 heterocycles. The van der Waals surface area contributed by atoms with Gasteiger partial charge in [-0.3, -0.25) is 9.59 Å². The summed E-state index contributed by atoms with van der Waals surface area (Å²) >= 11 is 2.42. The lowest BCUT2D eigenvalue weighted by Crippen LogP contribution is -2.12. The number of carbonyl (C=O) groups is 2. The highest BCUT2D eigenvalue weighted by Crippen LogP contribution is 2.19. The molecule has 0 saturated heterocycles. The van der Waals surface area contributed by atoms with Crippen molar-refractivity contribution in [3.8, 4) is 0 Å². The van der Waals surface area contributed by atoms with Gasteiger partial charge in [0.05, 0.1) is 5.69 Å². The molecule has 18 heavy (non-hydrogen) atoms. The van der Waals surface area contributed by atoms with E-state index in [4.69, 9.17) is 0 Å². The van der Waals surface area contributed by atoms with Crippen LogP contribution in [0.4, 0.5) is 10.1 Å². The Morgan fingerprint density at radius 2 is 2.11 bits per heavy atom. The van der Waals surface area contributed by atoms with Crippen LogP contribution in [0.3, 0.4) is 0 Å². The fraction of sp³-hybridized carbons (Fsp3) is 0.200. The molecule has 6 nitrogen and oxygen atoms in total. The molecule has 2 rings (SSSR count). The average molecular weight is 282 g/mol. The number of nitrogens with zero attached hydrogens (tertiary/aromatic N) is 2. The maximum Gasteiger partial charge on any atom is 0.275 e. The first-order valence-corrected chi connectivity index (χ1v) is 6.67. The monoisotopic (exact) mass is 282 g/mol. The van der Waals surface area contributed by atoms with Crippen molar-refractivity contribution in [3.63, 3.8) is 0 Å². The third kappa shape index (κ3) is 3.11. The molecule has 0 spiro atoms. The Kier molecular flexibility index (Phi) is 3.68. The summed E-state index contributed by atoms with van der Waals surface area (Å²) in [5.74, 6) is -0.527. The van der Waals surface area contributed by atoms with Crippen molar-refractivity contribution in [2.45, 2.75) is 13.8 Å². The van der Waals surface area contributed by atoms with Gasteiger partial charge in [0.15, 0.2) is 5.13 Å². The summed E-state index contributed by atoms with van der Waals surface area (Å²) in [4.78, 5) is 26.7. The SMILES string of the molecule is CC(=O)Nc1nc(C(=O)Nc2cc(C)ns2)cs1. The molecule has 0 saturated carbocycles. The van der Waals surface area contributed by atoms with E-state index >= 15 is 0 Å². The normalized spacial score (nSPS) is 10.1. The van der Waals surface area contributed by atoms with Gasteiger partial charge in [-0.2, -0.15) is 4.37 Å². The highest BCUT2D eigenvalue weighted by Gasteiger charge is 2.12. The molecule has 0 fully saturated rings. The molecule has 0 radical (unpaired) electrons. The number of anilines is 2. The van der Waals surface area contributed by atoms with Crippen molar-refractivity contribution < 1.29 is 9.59 Å². The highest BCUT2D eigenvalue weighted by molar-refractivity contribution is 7.14. The lowest BCUT2D eigenvalue weighted by Gasteiger charge is -1.97. The van der Waals surface area contributed by atoms with Gasteiger partial charge in [-0.05, 0) is 24.5 Å². The number of carbonyl (C=O) groups excluding carboxylic acids is 2. The summed E-state index contributed by atoms with van der Waals surface area (Å²) in [6, 6.07) is 1.78. The molecular weight excluding hydrogens is 272 g/mol. The molecule has 0 aliphatic carbocycles. The number of hydrogen-bond acceptors (Lipinski definition) is 6. The molecule has 2 aromatic heterocycles. The Labute approximate surface area is 111 Å². The summed E-state index contributed by atoms with van der Waals surface area (Å²) < 4.78 is 4.06. The van der Waals surface area contributed by atoms with Crippen molar-refractivity contribution in [1.29, 1.82) is 0 Å². The van der Waals surface area contributed by atoms with Crippen LogP contribution in [0, 0.1) is 6.92 Å². The predicted molar refractivity (Wildman–Crippen MR) is 71.2 cm³/mol. The van der Waals surface area contributed by atoms with E-state index in [0.29, 0.717) is 10.1 Å². The zero-order valence-corrected chi connectivity index (χ0v) is 11.3. The fourth-order valence-electron chi connectivity index (χ4n) is 1.18. The van der Waals surface area contributed by atoms with Crippen LogP contribution in [0.25, 0.3) is 0 Å². The van der Waals surface area contributed by atoms with Crippen LogP contribution in [-0.4, -0.2) is 21.2 Å². The number of hydrogen-bond donors (Lipinski definition) is 2. The summed E-state index contributed by atoms with van der Waals surface area (Å²) in [7, 11) is 0. The number of aromatic nitrogens is 2. The molecule has 2 aromatic rings. The molecule has 0 atom stereocenters. The van der Waals surface area contributed by atoms with Gasteiger partial charge in [0.25, 0.3) is 5.91 Å². The van der Waals surface area contributed by atoms with Gasteiger partial charge in [-0.15, -0.1) is 11.3 Å². The zero-order chi connectivity index (χ0) is 13.1. The van der Waals surface area contributed by atoms with Gasteiger partial charge < -0.3 is 10.6 Å². The lowest BCUT2D eigenvalue weighted by atomic mass is 10.4. The minimum Gasteiger partial charge on any atom is -0.311 e. The molecule has 0 aliphatic heterocycles. The van der Waals surface area contributed by atoms with Crippen molar-refractivity contribution in [2.24, 2.45) is 0 Å². The third-order valence-electron chi connectivity index (χ3n) is 1.88. The van der Waals surface area contributed by atoms with Gasteiger partial charge in [-0.25, -0.2) is 4.98 Å². The van der Waals surface area contributed by atoms with Crippen molar-refractivity contribution in [1.82, 2.24) is 9.36 Å². The van der Waals surface area contributed by atoms with E-state index in [1.807, 2.05) is 6.92 Å². The number of aryl methyl sites for hydroxylation is 1. The Morgan fingerprint density at radius 1 is 1.33 bits per heavy atom. The maximum absolute atomic E-state index is 11.8. The first-order valence-electron chi connectivity index (χ1n) is 5.02. The van der Waals surface area contributed by atoms with Crippen molar-refractivity contribution in [3.05, 3.63) is 22.8 Å². The fourth-order valence-corrected chi connectivity index (χ4v) is 2.58. The molecular formula is C10H10N4O2S2. The number of nitrogens with one attached hydrogen (secondary N) is 2. The Morgan fingerprint density at radius 3 is 2.72 bits per heavy atom. The van der Waals surface area contributed by atoms with Crippen LogP contribution in [0.1, 0.15) is 23.1 Å². The Hall–Kier alpha value is -1.80. The average Bonchev–Trinajstić information content (AvgIpc) is 2.87. The second kappa shape index (κ2) is 5.23. The van der Waals surface area contributed by atoms with E-state index in [9.17, 15) is 9.59 Å². The van der Waals surface area contributed by atoms with Gasteiger partial charge in [0.2, 0.25) is 5.91 Å². The summed E-state index contributed by atoms with van der Waals surface area (Å²) in [5.41, 5.74) is 1.13. The molecule has 0 aliphatic rings. The standard InChI is InChI=1S/C10H10N4O2S2/c1-5-3-8(18-14-5)13-9(16)7-4-17-10(12-7)11-6(2)15/h3-4H,1-2H3,(H,13,16)(H,11,12,15). The number of rotatable bonds is 3. The smallest absolute Gasteiger partial charge is 0.275 e. The van der Waals surface area contributed by atoms with Gasteiger partial charge >= 0.3 is 0 Å². The van der Waals surface area contributed by atoms with E-state index in [1.165, 1.54) is 29.8 Å². The Bertz CT molecular complexity index is 590. The van der Waals surface area contributed by atoms with Gasteiger partial charge in [0.1, 0.15) is 10.7 Å². The summed E-state index contributed by atoms with van der Waals surface area (Å²) in [6.45, 7) is 3.24. The van der Waals surface area contributed by atoms with E-state index in [-0.39, 0.29) is 17.5 Å². The molecule has 0 bridgehead atoms. The van der Waals surface area contributed by atoms with E-state index in [0.717, 1.165) is 5.69 Å².